The Morgan fingerprint density at radius 1 is 1.47 bits per heavy atom. The molecule has 0 bridgehead atoms. The van der Waals surface area contributed by atoms with Crippen LogP contribution in [0.1, 0.15) is 25.3 Å². The molecule has 1 N–H and O–H groups in total. The second-order valence-electron chi connectivity index (χ2n) is 4.84. The molecule has 1 aromatic carbocycles. The highest BCUT2D eigenvalue weighted by atomic mass is 35.5. The van der Waals surface area contributed by atoms with Gasteiger partial charge >= 0.3 is 0 Å². The van der Waals surface area contributed by atoms with E-state index in [-0.39, 0.29) is 0 Å². The molecule has 0 spiro atoms. The third kappa shape index (κ3) is 3.14. The van der Waals surface area contributed by atoms with Crippen LogP contribution in [0.2, 0.25) is 5.02 Å². The molecule has 0 saturated carbocycles. The first-order chi connectivity index (χ1) is 8.20. The third-order valence-corrected chi connectivity index (χ3v) is 3.62. The highest BCUT2D eigenvalue weighted by Gasteiger charge is 2.23. The van der Waals surface area contributed by atoms with Crippen molar-refractivity contribution in [3.63, 3.8) is 0 Å². The lowest BCUT2D eigenvalue weighted by Crippen LogP contribution is -2.33. The van der Waals surface area contributed by atoms with Crippen LogP contribution in [-0.2, 0) is 0 Å². The van der Waals surface area contributed by atoms with Crippen molar-refractivity contribution in [1.29, 1.82) is 0 Å². The van der Waals surface area contributed by atoms with E-state index in [1.807, 2.05) is 6.07 Å². The molecule has 1 atom stereocenters. The second kappa shape index (κ2) is 5.74. The average molecular weight is 253 g/mol. The smallest absolute Gasteiger partial charge is 0.0642 e. The zero-order chi connectivity index (χ0) is 12.3. The van der Waals surface area contributed by atoms with Crippen molar-refractivity contribution in [3.05, 3.63) is 28.8 Å². The van der Waals surface area contributed by atoms with Gasteiger partial charge in [-0.1, -0.05) is 24.6 Å². The van der Waals surface area contributed by atoms with Gasteiger partial charge in [0, 0.05) is 19.1 Å². The lowest BCUT2D eigenvalue weighted by Gasteiger charge is -2.20. The molecule has 94 valence electrons. The molecular weight excluding hydrogens is 232 g/mol. The molecule has 0 aliphatic carbocycles. The van der Waals surface area contributed by atoms with E-state index in [1.54, 1.807) is 0 Å². The van der Waals surface area contributed by atoms with Gasteiger partial charge in [0.05, 0.1) is 10.7 Å². The van der Waals surface area contributed by atoms with Crippen LogP contribution >= 0.6 is 11.6 Å². The molecular formula is C14H21ClN2. The monoisotopic (exact) mass is 252 g/mol. The Labute approximate surface area is 109 Å². The second-order valence-corrected chi connectivity index (χ2v) is 5.25. The molecule has 1 fully saturated rings. The molecule has 17 heavy (non-hydrogen) atoms. The van der Waals surface area contributed by atoms with Crippen LogP contribution < -0.4 is 10.2 Å². The Morgan fingerprint density at radius 2 is 2.29 bits per heavy atom. The molecule has 1 saturated heterocycles. The minimum absolute atomic E-state index is 0.618. The standard InChI is InChI=1S/C14H21ClN2/c1-3-7-16-12-6-8-17(10-12)14-5-4-11(2)9-13(14)15/h4-5,9,12,16H,3,6-8,10H2,1-2H3. The minimum atomic E-state index is 0.618. The molecule has 0 radical (unpaired) electrons. The predicted molar refractivity (Wildman–Crippen MR) is 75.1 cm³/mol. The van der Waals surface area contributed by atoms with Crippen molar-refractivity contribution < 1.29 is 0 Å². The summed E-state index contributed by atoms with van der Waals surface area (Å²) in [4.78, 5) is 2.38. The zero-order valence-electron chi connectivity index (χ0n) is 10.7. The third-order valence-electron chi connectivity index (χ3n) is 3.32. The number of anilines is 1. The Hall–Kier alpha value is -0.730. The van der Waals surface area contributed by atoms with Gasteiger partial charge in [0.25, 0.3) is 0 Å². The Kier molecular flexibility index (Phi) is 4.30. The minimum Gasteiger partial charge on any atom is -0.369 e. The van der Waals surface area contributed by atoms with Gasteiger partial charge in [-0.25, -0.2) is 0 Å². The van der Waals surface area contributed by atoms with E-state index in [4.69, 9.17) is 11.6 Å². The molecule has 1 heterocycles. The maximum atomic E-state index is 6.30. The molecule has 0 aromatic heterocycles. The Balaban J connectivity index is 2.00. The van der Waals surface area contributed by atoms with E-state index in [0.717, 1.165) is 24.7 Å². The number of rotatable bonds is 4. The van der Waals surface area contributed by atoms with Crippen LogP contribution in [-0.4, -0.2) is 25.7 Å². The van der Waals surface area contributed by atoms with Crippen LogP contribution in [0.5, 0.6) is 0 Å². The summed E-state index contributed by atoms with van der Waals surface area (Å²) in [6.45, 7) is 7.56. The van der Waals surface area contributed by atoms with Gasteiger partial charge in [0.1, 0.15) is 0 Å². The van der Waals surface area contributed by atoms with Crippen LogP contribution in [0.25, 0.3) is 0 Å². The summed E-state index contributed by atoms with van der Waals surface area (Å²) < 4.78 is 0. The number of nitrogens with one attached hydrogen (secondary N) is 1. The predicted octanol–water partition coefficient (Wildman–Crippen LogP) is 3.23. The van der Waals surface area contributed by atoms with Gasteiger partial charge in [0.2, 0.25) is 0 Å². The van der Waals surface area contributed by atoms with Gasteiger partial charge < -0.3 is 10.2 Å². The molecule has 1 aliphatic heterocycles. The summed E-state index contributed by atoms with van der Waals surface area (Å²) in [6.07, 6.45) is 2.41. The lowest BCUT2D eigenvalue weighted by atomic mass is 10.2. The molecule has 0 amide bonds. The topological polar surface area (TPSA) is 15.3 Å². The first kappa shape index (κ1) is 12.7. The summed E-state index contributed by atoms with van der Waals surface area (Å²) in [5.41, 5.74) is 2.40. The summed E-state index contributed by atoms with van der Waals surface area (Å²) >= 11 is 6.30. The van der Waals surface area contributed by atoms with Gasteiger partial charge in [-0.3, -0.25) is 0 Å². The van der Waals surface area contributed by atoms with Crippen LogP contribution in [0.3, 0.4) is 0 Å². The first-order valence-corrected chi connectivity index (χ1v) is 6.83. The number of nitrogens with zero attached hydrogens (tertiary/aromatic N) is 1. The molecule has 3 heteroatoms. The maximum absolute atomic E-state index is 6.30. The molecule has 2 rings (SSSR count). The quantitative estimate of drug-likeness (QED) is 0.885. The largest absolute Gasteiger partial charge is 0.369 e. The first-order valence-electron chi connectivity index (χ1n) is 6.45. The summed E-state index contributed by atoms with van der Waals surface area (Å²) in [5.74, 6) is 0. The van der Waals surface area contributed by atoms with Crippen molar-refractivity contribution in [3.8, 4) is 0 Å². The highest BCUT2D eigenvalue weighted by molar-refractivity contribution is 6.33. The van der Waals surface area contributed by atoms with Crippen LogP contribution in [0.4, 0.5) is 5.69 Å². The van der Waals surface area contributed by atoms with Crippen molar-refractivity contribution >= 4 is 17.3 Å². The number of hydrogen-bond acceptors (Lipinski definition) is 2. The molecule has 1 aliphatic rings. The van der Waals surface area contributed by atoms with E-state index in [2.05, 4.69) is 36.2 Å². The van der Waals surface area contributed by atoms with Crippen molar-refractivity contribution in [2.24, 2.45) is 0 Å². The van der Waals surface area contributed by atoms with Crippen molar-refractivity contribution in [2.75, 3.05) is 24.5 Å². The van der Waals surface area contributed by atoms with E-state index in [9.17, 15) is 0 Å². The average Bonchev–Trinajstić information content (AvgIpc) is 2.75. The Morgan fingerprint density at radius 3 is 3.00 bits per heavy atom. The summed E-state index contributed by atoms with van der Waals surface area (Å²) in [6, 6.07) is 6.93. The number of benzene rings is 1. The fraction of sp³-hybridized carbons (Fsp3) is 0.571. The molecule has 2 nitrogen and oxygen atoms in total. The number of hydrogen-bond donors (Lipinski definition) is 1. The van der Waals surface area contributed by atoms with Gasteiger partial charge in [0.15, 0.2) is 0 Å². The van der Waals surface area contributed by atoms with E-state index >= 15 is 0 Å². The molecule has 1 unspecified atom stereocenters. The van der Waals surface area contributed by atoms with Gasteiger partial charge in [-0.15, -0.1) is 0 Å². The van der Waals surface area contributed by atoms with Crippen LogP contribution in [0.15, 0.2) is 18.2 Å². The maximum Gasteiger partial charge on any atom is 0.0642 e. The SMILES string of the molecule is CCCNC1CCN(c2ccc(C)cc2Cl)C1. The lowest BCUT2D eigenvalue weighted by molar-refractivity contribution is 0.549. The number of halogens is 1. The van der Waals surface area contributed by atoms with Crippen LogP contribution in [0, 0.1) is 6.92 Å². The van der Waals surface area contributed by atoms with Crippen molar-refractivity contribution in [2.45, 2.75) is 32.7 Å². The summed E-state index contributed by atoms with van der Waals surface area (Å²) in [7, 11) is 0. The number of aryl methyl sites for hydroxylation is 1. The van der Waals surface area contributed by atoms with Gasteiger partial charge in [-0.05, 0) is 44.0 Å². The van der Waals surface area contributed by atoms with Crippen molar-refractivity contribution in [1.82, 2.24) is 5.32 Å². The summed E-state index contributed by atoms with van der Waals surface area (Å²) in [5, 5.41) is 4.45. The zero-order valence-corrected chi connectivity index (χ0v) is 11.4. The Bertz CT molecular complexity index is 378. The molecule has 1 aromatic rings. The van der Waals surface area contributed by atoms with E-state index in [0.29, 0.717) is 6.04 Å². The normalized spacial score (nSPS) is 19.9. The van der Waals surface area contributed by atoms with Gasteiger partial charge in [-0.2, -0.15) is 0 Å². The fourth-order valence-corrected chi connectivity index (χ4v) is 2.72. The van der Waals surface area contributed by atoms with E-state index < -0.39 is 0 Å². The highest BCUT2D eigenvalue weighted by Crippen LogP contribution is 2.29. The van der Waals surface area contributed by atoms with E-state index in [1.165, 1.54) is 24.1 Å². The fourth-order valence-electron chi connectivity index (χ4n) is 2.36.